The Kier molecular flexibility index (Phi) is 35.0. The number of ether oxygens (including phenoxy) is 5. The van der Waals surface area contributed by atoms with E-state index in [-0.39, 0.29) is 62.6 Å². The molecule has 0 amide bonds. The SMILES string of the molecule is CCOC(=O)C(C=O)C=O.CCOC(=O)CC(OCC)OCC.CCOC=O.[H-].[Na+]. The van der Waals surface area contributed by atoms with Crippen molar-refractivity contribution in [2.45, 2.75) is 47.3 Å². The number of carbonyl (C=O) groups is 5. The summed E-state index contributed by atoms with van der Waals surface area (Å²) in [5.41, 5.74) is 0. The van der Waals surface area contributed by atoms with Crippen LogP contribution in [0.5, 0.6) is 0 Å². The maximum absolute atomic E-state index is 11.0. The van der Waals surface area contributed by atoms with Gasteiger partial charge in [-0.05, 0) is 34.6 Å². The Hall–Kier alpha value is -1.33. The fourth-order valence-corrected chi connectivity index (χ4v) is 1.34. The molecule has 0 aliphatic heterocycles. The monoisotopic (exact) mass is 432 g/mol. The molecule has 0 aliphatic rings. The summed E-state index contributed by atoms with van der Waals surface area (Å²) >= 11 is 0. The fraction of sp³-hybridized carbons (Fsp3) is 0.722. The molecular formula is C18H33NaO10. The van der Waals surface area contributed by atoms with Crippen LogP contribution in [0.25, 0.3) is 0 Å². The van der Waals surface area contributed by atoms with Gasteiger partial charge in [0.05, 0.1) is 26.2 Å². The minimum Gasteiger partial charge on any atom is -1.00 e. The van der Waals surface area contributed by atoms with Gasteiger partial charge in [-0.25, -0.2) is 0 Å². The molecule has 0 rings (SSSR count). The van der Waals surface area contributed by atoms with Gasteiger partial charge in [-0.2, -0.15) is 0 Å². The van der Waals surface area contributed by atoms with Crippen LogP contribution in [0.4, 0.5) is 0 Å². The Morgan fingerprint density at radius 3 is 1.55 bits per heavy atom. The van der Waals surface area contributed by atoms with Gasteiger partial charge in [0, 0.05) is 13.2 Å². The Morgan fingerprint density at radius 1 is 0.793 bits per heavy atom. The van der Waals surface area contributed by atoms with E-state index in [1.807, 2.05) is 13.8 Å². The van der Waals surface area contributed by atoms with Gasteiger partial charge in [-0.1, -0.05) is 0 Å². The first kappa shape index (κ1) is 35.1. The molecule has 0 saturated heterocycles. The average molecular weight is 432 g/mol. The molecular weight excluding hydrogens is 399 g/mol. The second-order valence-corrected chi connectivity index (χ2v) is 4.45. The van der Waals surface area contributed by atoms with Crippen molar-refractivity contribution in [3.05, 3.63) is 0 Å². The Balaban J connectivity index is -0.000000110. The van der Waals surface area contributed by atoms with Crippen LogP contribution in [0.15, 0.2) is 0 Å². The maximum Gasteiger partial charge on any atom is 1.00 e. The van der Waals surface area contributed by atoms with Crippen LogP contribution >= 0.6 is 0 Å². The molecule has 0 unspecified atom stereocenters. The largest absolute Gasteiger partial charge is 1.00 e. The van der Waals surface area contributed by atoms with Crippen molar-refractivity contribution in [3.63, 3.8) is 0 Å². The Labute approximate surface area is 195 Å². The molecule has 0 fully saturated rings. The summed E-state index contributed by atoms with van der Waals surface area (Å²) in [6, 6.07) is 0. The summed E-state index contributed by atoms with van der Waals surface area (Å²) in [6.45, 7) is 11.4. The molecule has 0 bridgehead atoms. The standard InChI is InChI=1S/C9H18O4.C6H8O4.C3H6O2.Na.H/c1-4-11-8(10)7-9(12-5-2)13-6-3;1-2-10-6(9)5(3-7)4-8;1-2-5-3-4;;/h9H,4-7H2,1-3H3;3-5H,2H2,1H3;3H,2H2,1H3;;/q;;;+1;-1. The van der Waals surface area contributed by atoms with E-state index in [0.29, 0.717) is 32.9 Å². The molecule has 0 radical (unpaired) electrons. The van der Waals surface area contributed by atoms with Crippen LogP contribution in [0.1, 0.15) is 42.5 Å². The molecule has 11 heteroatoms. The summed E-state index contributed by atoms with van der Waals surface area (Å²) in [5.74, 6) is -2.32. The topological polar surface area (TPSA) is 132 Å². The van der Waals surface area contributed by atoms with Crippen LogP contribution in [-0.4, -0.2) is 70.3 Å². The molecule has 0 aromatic rings. The third-order valence-electron chi connectivity index (χ3n) is 2.43. The molecule has 10 nitrogen and oxygen atoms in total. The second-order valence-electron chi connectivity index (χ2n) is 4.45. The van der Waals surface area contributed by atoms with Crippen LogP contribution < -0.4 is 29.6 Å². The predicted molar refractivity (Wildman–Crippen MR) is 99.3 cm³/mol. The summed E-state index contributed by atoms with van der Waals surface area (Å²) in [5, 5.41) is 0. The minimum absolute atomic E-state index is 0. The molecule has 29 heavy (non-hydrogen) atoms. The molecule has 0 N–H and O–H groups in total. The van der Waals surface area contributed by atoms with E-state index < -0.39 is 18.2 Å². The van der Waals surface area contributed by atoms with Crippen LogP contribution in [0.2, 0.25) is 0 Å². The van der Waals surface area contributed by atoms with Gasteiger partial charge in [0.1, 0.15) is 12.6 Å². The van der Waals surface area contributed by atoms with Gasteiger partial charge < -0.3 is 34.7 Å². The number of aldehydes is 2. The van der Waals surface area contributed by atoms with Crippen molar-refractivity contribution in [1.82, 2.24) is 0 Å². The van der Waals surface area contributed by atoms with Gasteiger partial charge in [-0.15, -0.1) is 0 Å². The van der Waals surface area contributed by atoms with Crippen molar-refractivity contribution >= 4 is 31.0 Å². The molecule has 0 atom stereocenters. The van der Waals surface area contributed by atoms with Gasteiger partial charge in [0.15, 0.2) is 12.2 Å². The third kappa shape index (κ3) is 26.7. The minimum atomic E-state index is -1.25. The van der Waals surface area contributed by atoms with Crippen LogP contribution in [-0.2, 0) is 47.7 Å². The van der Waals surface area contributed by atoms with Crippen molar-refractivity contribution in [1.29, 1.82) is 0 Å². The van der Waals surface area contributed by atoms with E-state index in [1.54, 1.807) is 20.8 Å². The molecule has 0 aromatic carbocycles. The zero-order valence-electron chi connectivity index (χ0n) is 19.2. The number of hydrogen-bond acceptors (Lipinski definition) is 10. The van der Waals surface area contributed by atoms with E-state index in [9.17, 15) is 24.0 Å². The summed E-state index contributed by atoms with van der Waals surface area (Å²) in [4.78, 5) is 50.6. The molecule has 0 aliphatic carbocycles. The first-order valence-electron chi connectivity index (χ1n) is 8.93. The van der Waals surface area contributed by atoms with E-state index in [0.717, 1.165) is 0 Å². The number of esters is 2. The normalized spacial score (nSPS) is 8.93. The number of carbonyl (C=O) groups excluding carboxylic acids is 5. The summed E-state index contributed by atoms with van der Waals surface area (Å²) in [7, 11) is 0. The van der Waals surface area contributed by atoms with Crippen molar-refractivity contribution < 1.29 is 78.6 Å². The fourth-order valence-electron chi connectivity index (χ4n) is 1.34. The van der Waals surface area contributed by atoms with Crippen molar-refractivity contribution in [2.24, 2.45) is 5.92 Å². The van der Waals surface area contributed by atoms with Crippen molar-refractivity contribution in [2.75, 3.05) is 33.0 Å². The molecule has 0 saturated carbocycles. The molecule has 0 aromatic heterocycles. The molecule has 166 valence electrons. The first-order chi connectivity index (χ1) is 13.4. The quantitative estimate of drug-likeness (QED) is 0.0820. The molecule has 0 heterocycles. The maximum atomic E-state index is 11.0. The van der Waals surface area contributed by atoms with E-state index >= 15 is 0 Å². The third-order valence-corrected chi connectivity index (χ3v) is 2.43. The Morgan fingerprint density at radius 2 is 1.28 bits per heavy atom. The molecule has 0 spiro atoms. The van der Waals surface area contributed by atoms with Crippen molar-refractivity contribution in [3.8, 4) is 0 Å². The van der Waals surface area contributed by atoms with Crippen LogP contribution in [0, 0.1) is 5.92 Å². The van der Waals surface area contributed by atoms with Gasteiger partial charge >= 0.3 is 41.5 Å². The number of rotatable bonds is 13. The average Bonchev–Trinajstić information content (AvgIpc) is 2.65. The smallest absolute Gasteiger partial charge is 1.00 e. The van der Waals surface area contributed by atoms with E-state index in [1.165, 1.54) is 0 Å². The zero-order chi connectivity index (χ0) is 22.2. The van der Waals surface area contributed by atoms with Gasteiger partial charge in [0.2, 0.25) is 0 Å². The zero-order valence-corrected chi connectivity index (χ0v) is 20.2. The van der Waals surface area contributed by atoms with Gasteiger partial charge in [0.25, 0.3) is 6.47 Å². The van der Waals surface area contributed by atoms with E-state index in [2.05, 4.69) is 9.47 Å². The predicted octanol–water partition coefficient (Wildman–Crippen LogP) is -1.80. The van der Waals surface area contributed by atoms with E-state index in [4.69, 9.17) is 14.2 Å². The van der Waals surface area contributed by atoms with Crippen LogP contribution in [0.3, 0.4) is 0 Å². The first-order valence-corrected chi connectivity index (χ1v) is 8.93. The second kappa shape index (κ2) is 28.9. The summed E-state index contributed by atoms with van der Waals surface area (Å²) in [6.07, 6.45) is 0.208. The Bertz CT molecular complexity index is 410. The van der Waals surface area contributed by atoms with Gasteiger partial charge in [-0.3, -0.25) is 14.4 Å². The summed E-state index contributed by atoms with van der Waals surface area (Å²) < 4.78 is 23.7. The number of hydrogen-bond donors (Lipinski definition) is 0.